The Kier molecular flexibility index (Phi) is 5.13. The molecule has 9 heteroatoms. The van der Waals surface area contributed by atoms with E-state index in [9.17, 15) is 18.3 Å². The minimum absolute atomic E-state index is 0.0389. The summed E-state index contributed by atoms with van der Waals surface area (Å²) in [5, 5.41) is 12.7. The molecule has 2 aromatic rings. The maximum absolute atomic E-state index is 13.4. The Hall–Kier alpha value is -2.03. The monoisotopic (exact) mass is 435 g/mol. The van der Waals surface area contributed by atoms with Crippen LogP contribution in [0.2, 0.25) is 5.02 Å². The molecule has 4 rings (SSSR count). The van der Waals surface area contributed by atoms with Gasteiger partial charge in [-0.1, -0.05) is 11.6 Å². The van der Waals surface area contributed by atoms with E-state index in [0.29, 0.717) is 12.8 Å². The molecule has 2 saturated carbocycles. The summed E-state index contributed by atoms with van der Waals surface area (Å²) in [5.41, 5.74) is -0.640. The number of sulfone groups is 1. The number of carbonyl (C=O) groups is 1. The second-order valence-electron chi connectivity index (χ2n) is 8.03. The van der Waals surface area contributed by atoms with Gasteiger partial charge >= 0.3 is 0 Å². The Morgan fingerprint density at radius 1 is 1.24 bits per heavy atom. The Balaban J connectivity index is 1.61. The number of hydrogen-bond donors (Lipinski definition) is 2. The van der Waals surface area contributed by atoms with Gasteiger partial charge in [-0.25, -0.2) is 13.4 Å². The maximum atomic E-state index is 13.4. The number of fused-ring (bicyclic) bond motifs is 2. The molecule has 2 aliphatic carbocycles. The third-order valence-electron chi connectivity index (χ3n) is 6.35. The van der Waals surface area contributed by atoms with E-state index in [1.807, 2.05) is 6.92 Å². The van der Waals surface area contributed by atoms with Crippen LogP contribution in [0.1, 0.15) is 43.0 Å². The van der Waals surface area contributed by atoms with Crippen molar-refractivity contribution in [2.24, 2.45) is 11.8 Å². The van der Waals surface area contributed by atoms with E-state index in [1.54, 1.807) is 0 Å². The summed E-state index contributed by atoms with van der Waals surface area (Å²) in [6, 6.07) is 4.22. The topological polar surface area (TPSA) is 109 Å². The first-order valence-electron chi connectivity index (χ1n) is 9.52. The quantitative estimate of drug-likeness (QED) is 0.763. The average molecular weight is 436 g/mol. The second-order valence-corrected chi connectivity index (χ2v) is 10.6. The highest BCUT2D eigenvalue weighted by molar-refractivity contribution is 7.92. The van der Waals surface area contributed by atoms with Crippen molar-refractivity contribution >= 4 is 33.2 Å². The third kappa shape index (κ3) is 3.65. The van der Waals surface area contributed by atoms with Crippen LogP contribution in [0.4, 0.5) is 5.82 Å². The van der Waals surface area contributed by atoms with Crippen LogP contribution in [-0.2, 0) is 9.84 Å². The van der Waals surface area contributed by atoms with Gasteiger partial charge in [0.15, 0.2) is 15.7 Å². The fourth-order valence-electron chi connectivity index (χ4n) is 4.61. The number of anilines is 1. The number of carbonyl (C=O) groups excluding carboxylic acids is 1. The summed E-state index contributed by atoms with van der Waals surface area (Å²) in [7, 11) is -3.75. The lowest BCUT2D eigenvalue weighted by Crippen LogP contribution is -2.45. The van der Waals surface area contributed by atoms with E-state index >= 15 is 0 Å². The highest BCUT2D eigenvalue weighted by atomic mass is 35.5. The van der Waals surface area contributed by atoms with E-state index in [-0.39, 0.29) is 33.1 Å². The van der Waals surface area contributed by atoms with E-state index < -0.39 is 26.6 Å². The fraction of sp³-hybridized carbons (Fsp3) is 0.450. The van der Waals surface area contributed by atoms with Crippen molar-refractivity contribution in [1.82, 2.24) is 9.97 Å². The molecule has 2 fully saturated rings. The number of hydrogen-bond acceptors (Lipinski definition) is 6. The summed E-state index contributed by atoms with van der Waals surface area (Å²) in [5.74, 6) is -0.306. The highest BCUT2D eigenvalue weighted by Crippen LogP contribution is 2.51. The summed E-state index contributed by atoms with van der Waals surface area (Å²) >= 11 is 6.23. The Bertz CT molecular complexity index is 1030. The number of aliphatic hydroxyl groups is 1. The molecular weight excluding hydrogens is 414 g/mol. The van der Waals surface area contributed by atoms with Crippen LogP contribution in [0.5, 0.6) is 0 Å². The number of nitrogens with zero attached hydrogens (tertiary/aromatic N) is 2. The minimum atomic E-state index is -3.75. The predicted molar refractivity (Wildman–Crippen MR) is 108 cm³/mol. The Labute approximate surface area is 174 Å². The standard InChI is InChI=1S/C20H22ClN3O4S/c1-20(26)13-3-4-14(20)10-15(9-13)29(27,28)17-8-12(2-5-16(17)21)19(25)24-18-11-22-6-7-23-18/h2,5-8,11,13-15,26H,3-4,9-10H2,1H3,(H,23,24,25)/t13-,14?,15-,20-/m0/s1. The van der Waals surface area contributed by atoms with E-state index in [0.717, 1.165) is 12.8 Å². The molecule has 2 aliphatic rings. The number of nitrogens with one attached hydrogen (secondary N) is 1. The Morgan fingerprint density at radius 3 is 2.55 bits per heavy atom. The number of rotatable bonds is 4. The zero-order valence-corrected chi connectivity index (χ0v) is 17.4. The summed E-state index contributed by atoms with van der Waals surface area (Å²) in [4.78, 5) is 20.3. The lowest BCUT2D eigenvalue weighted by molar-refractivity contribution is -0.0413. The maximum Gasteiger partial charge on any atom is 0.256 e. The van der Waals surface area contributed by atoms with Gasteiger partial charge in [0.2, 0.25) is 0 Å². The first-order chi connectivity index (χ1) is 13.7. The van der Waals surface area contributed by atoms with Crippen LogP contribution in [0.25, 0.3) is 0 Å². The zero-order chi connectivity index (χ0) is 20.8. The van der Waals surface area contributed by atoms with Crippen molar-refractivity contribution < 1.29 is 18.3 Å². The van der Waals surface area contributed by atoms with Gasteiger partial charge in [0.25, 0.3) is 5.91 Å². The molecule has 0 spiro atoms. The highest BCUT2D eigenvalue weighted by Gasteiger charge is 2.53. The van der Waals surface area contributed by atoms with Gasteiger partial charge in [-0.15, -0.1) is 0 Å². The van der Waals surface area contributed by atoms with Crippen LogP contribution in [0.15, 0.2) is 41.7 Å². The van der Waals surface area contributed by atoms with E-state index in [1.165, 1.54) is 36.8 Å². The molecular formula is C20H22ClN3O4S. The van der Waals surface area contributed by atoms with E-state index in [4.69, 9.17) is 11.6 Å². The molecule has 29 heavy (non-hydrogen) atoms. The molecule has 1 aromatic carbocycles. The summed E-state index contributed by atoms with van der Waals surface area (Å²) in [6.07, 6.45) is 6.79. The van der Waals surface area contributed by atoms with Gasteiger partial charge in [-0.05, 0) is 62.6 Å². The molecule has 4 atom stereocenters. The molecule has 1 aromatic heterocycles. The summed E-state index contributed by atoms with van der Waals surface area (Å²) < 4.78 is 26.7. The number of benzene rings is 1. The van der Waals surface area contributed by atoms with Crippen molar-refractivity contribution in [3.05, 3.63) is 47.4 Å². The smallest absolute Gasteiger partial charge is 0.256 e. The molecule has 2 N–H and O–H groups in total. The molecule has 1 unspecified atom stereocenters. The van der Waals surface area contributed by atoms with Gasteiger partial charge in [-0.2, -0.15) is 0 Å². The van der Waals surface area contributed by atoms with Crippen molar-refractivity contribution in [1.29, 1.82) is 0 Å². The number of halogens is 1. The molecule has 0 radical (unpaired) electrons. The van der Waals surface area contributed by atoms with Gasteiger partial charge in [0, 0.05) is 18.0 Å². The Morgan fingerprint density at radius 2 is 1.93 bits per heavy atom. The van der Waals surface area contributed by atoms with Gasteiger partial charge in [0.1, 0.15) is 0 Å². The number of aromatic nitrogens is 2. The van der Waals surface area contributed by atoms with Crippen LogP contribution >= 0.6 is 11.6 Å². The molecule has 0 saturated heterocycles. The first-order valence-corrected chi connectivity index (χ1v) is 11.4. The zero-order valence-electron chi connectivity index (χ0n) is 15.9. The molecule has 7 nitrogen and oxygen atoms in total. The van der Waals surface area contributed by atoms with Crippen LogP contribution in [-0.4, -0.2) is 40.3 Å². The minimum Gasteiger partial charge on any atom is -0.390 e. The second kappa shape index (κ2) is 7.34. The van der Waals surface area contributed by atoms with Crippen molar-refractivity contribution in [2.45, 2.75) is 48.4 Å². The predicted octanol–water partition coefficient (Wildman–Crippen LogP) is 3.10. The SMILES string of the molecule is C[C@@]1(O)C2CC[C@H]1C[C@H](S(=O)(=O)c1cc(C(=O)Nc3cnccn3)ccc1Cl)C2. The van der Waals surface area contributed by atoms with Gasteiger partial charge < -0.3 is 10.4 Å². The fourth-order valence-corrected chi connectivity index (χ4v) is 7.01. The molecule has 1 amide bonds. The lowest BCUT2D eigenvalue weighted by Gasteiger charge is -2.40. The molecule has 2 bridgehead atoms. The average Bonchev–Trinajstić information content (AvgIpc) is 2.86. The van der Waals surface area contributed by atoms with Crippen LogP contribution < -0.4 is 5.32 Å². The largest absolute Gasteiger partial charge is 0.390 e. The summed E-state index contributed by atoms with van der Waals surface area (Å²) in [6.45, 7) is 1.81. The van der Waals surface area contributed by atoms with E-state index in [2.05, 4.69) is 15.3 Å². The van der Waals surface area contributed by atoms with Crippen LogP contribution in [0.3, 0.4) is 0 Å². The number of amides is 1. The van der Waals surface area contributed by atoms with Gasteiger partial charge in [-0.3, -0.25) is 9.78 Å². The molecule has 154 valence electrons. The van der Waals surface area contributed by atoms with Crippen molar-refractivity contribution in [3.8, 4) is 0 Å². The lowest BCUT2D eigenvalue weighted by atomic mass is 9.76. The van der Waals surface area contributed by atoms with Gasteiger partial charge in [0.05, 0.1) is 27.0 Å². The first kappa shape index (κ1) is 20.3. The molecule has 1 heterocycles. The third-order valence-corrected chi connectivity index (χ3v) is 9.01. The molecule has 0 aliphatic heterocycles. The van der Waals surface area contributed by atoms with Crippen molar-refractivity contribution in [2.75, 3.05) is 5.32 Å². The normalized spacial score (nSPS) is 28.9. The van der Waals surface area contributed by atoms with Crippen molar-refractivity contribution in [3.63, 3.8) is 0 Å². The van der Waals surface area contributed by atoms with Crippen LogP contribution in [0, 0.1) is 11.8 Å².